The van der Waals surface area contributed by atoms with Crippen LogP contribution in [-0.4, -0.2) is 34.0 Å². The van der Waals surface area contributed by atoms with Crippen molar-refractivity contribution in [3.8, 4) is 40.1 Å². The van der Waals surface area contributed by atoms with Gasteiger partial charge in [0.2, 0.25) is 5.88 Å². The number of fused-ring (bicyclic) bond motifs is 1. The third-order valence-electron chi connectivity index (χ3n) is 6.01. The van der Waals surface area contributed by atoms with E-state index in [-0.39, 0.29) is 11.2 Å². The molecule has 0 saturated heterocycles. The number of para-hydroxylation sites is 1. The van der Waals surface area contributed by atoms with E-state index in [1.54, 1.807) is 49.2 Å². The van der Waals surface area contributed by atoms with Gasteiger partial charge in [0.15, 0.2) is 11.5 Å². The van der Waals surface area contributed by atoms with Gasteiger partial charge in [-0.1, -0.05) is 45.0 Å². The first-order valence-electron chi connectivity index (χ1n) is 11.8. The molecule has 0 saturated carbocycles. The van der Waals surface area contributed by atoms with Gasteiger partial charge in [0, 0.05) is 17.0 Å². The van der Waals surface area contributed by atoms with E-state index in [0.29, 0.717) is 39.7 Å². The molecule has 0 aliphatic rings. The second-order valence-electron chi connectivity index (χ2n) is 9.56. The molecule has 0 N–H and O–H groups in total. The summed E-state index contributed by atoms with van der Waals surface area (Å²) in [5.74, 6) is 1.70. The summed E-state index contributed by atoms with van der Waals surface area (Å²) in [7, 11) is 3.15. The Bertz CT molecular complexity index is 1590. The molecule has 5 aromatic rings. The Kier molecular flexibility index (Phi) is 6.25. The van der Waals surface area contributed by atoms with Crippen LogP contribution in [0.15, 0.2) is 73.1 Å². The van der Waals surface area contributed by atoms with Gasteiger partial charge >= 0.3 is 0 Å². The number of ether oxygens (including phenoxy) is 3. The number of hydrogen-bond donors (Lipinski definition) is 0. The third kappa shape index (κ3) is 4.70. The van der Waals surface area contributed by atoms with Gasteiger partial charge in [-0.3, -0.25) is 0 Å². The standard InChI is InChI=1S/C29H27FN4O3/c1-29(2,3)27-16-24(34(33-27)23-12-7-6-11-21(23)30)18-9-8-10-19(13-18)37-28-20-14-25(35-4)26(36-5)15-22(20)31-17-32-28/h6-17H,1-5H3. The zero-order valence-corrected chi connectivity index (χ0v) is 21.3. The maximum absolute atomic E-state index is 14.8. The minimum Gasteiger partial charge on any atom is -0.493 e. The average Bonchev–Trinajstić information content (AvgIpc) is 3.35. The summed E-state index contributed by atoms with van der Waals surface area (Å²) in [4.78, 5) is 8.69. The van der Waals surface area contributed by atoms with Crippen molar-refractivity contribution in [2.24, 2.45) is 0 Å². The number of halogens is 1. The van der Waals surface area contributed by atoms with Crippen LogP contribution in [0.4, 0.5) is 4.39 Å². The highest BCUT2D eigenvalue weighted by Gasteiger charge is 2.22. The fraction of sp³-hybridized carbons (Fsp3) is 0.207. The van der Waals surface area contributed by atoms with Crippen molar-refractivity contribution in [1.29, 1.82) is 0 Å². The van der Waals surface area contributed by atoms with Crippen molar-refractivity contribution in [3.63, 3.8) is 0 Å². The largest absolute Gasteiger partial charge is 0.493 e. The quantitative estimate of drug-likeness (QED) is 0.259. The van der Waals surface area contributed by atoms with Crippen LogP contribution in [0.2, 0.25) is 0 Å². The van der Waals surface area contributed by atoms with Crippen LogP contribution >= 0.6 is 0 Å². The predicted octanol–water partition coefficient (Wildman–Crippen LogP) is 6.73. The number of hydrogen-bond acceptors (Lipinski definition) is 6. The highest BCUT2D eigenvalue weighted by Crippen LogP contribution is 2.37. The summed E-state index contributed by atoms with van der Waals surface area (Å²) in [6.07, 6.45) is 1.44. The van der Waals surface area contributed by atoms with Gasteiger partial charge in [0.05, 0.1) is 36.5 Å². The maximum atomic E-state index is 14.8. The summed E-state index contributed by atoms with van der Waals surface area (Å²) in [6, 6.07) is 19.7. The fourth-order valence-corrected chi connectivity index (χ4v) is 4.03. The molecule has 0 atom stereocenters. The highest BCUT2D eigenvalue weighted by atomic mass is 19.1. The minimum absolute atomic E-state index is 0.223. The SMILES string of the molecule is COc1cc2ncnc(Oc3cccc(-c4cc(C(C)(C)C)nn4-c4ccccc4F)c3)c2cc1OC. The molecule has 7 nitrogen and oxygen atoms in total. The molecule has 0 aliphatic carbocycles. The number of aromatic nitrogens is 4. The molecule has 2 heterocycles. The number of benzene rings is 3. The van der Waals surface area contributed by atoms with E-state index in [9.17, 15) is 4.39 Å². The topological polar surface area (TPSA) is 71.3 Å². The van der Waals surface area contributed by atoms with Gasteiger partial charge in [-0.05, 0) is 36.4 Å². The van der Waals surface area contributed by atoms with Crippen LogP contribution < -0.4 is 14.2 Å². The molecule has 0 unspecified atom stereocenters. The van der Waals surface area contributed by atoms with E-state index in [4.69, 9.17) is 19.3 Å². The van der Waals surface area contributed by atoms with Gasteiger partial charge in [0.25, 0.3) is 0 Å². The van der Waals surface area contributed by atoms with Gasteiger partial charge in [-0.25, -0.2) is 19.0 Å². The molecule has 0 aliphatic heterocycles. The molecule has 0 amide bonds. The molecule has 0 spiro atoms. The van der Waals surface area contributed by atoms with E-state index < -0.39 is 0 Å². The van der Waals surface area contributed by atoms with Crippen LogP contribution in [0.3, 0.4) is 0 Å². The average molecular weight is 499 g/mol. The molecule has 37 heavy (non-hydrogen) atoms. The second-order valence-corrected chi connectivity index (χ2v) is 9.56. The van der Waals surface area contributed by atoms with E-state index in [1.807, 2.05) is 30.3 Å². The Balaban J connectivity index is 1.59. The summed E-state index contributed by atoms with van der Waals surface area (Å²) >= 11 is 0. The number of methoxy groups -OCH3 is 2. The van der Waals surface area contributed by atoms with Crippen molar-refractivity contribution < 1.29 is 18.6 Å². The molecule has 0 bridgehead atoms. The van der Waals surface area contributed by atoms with Crippen molar-refractivity contribution >= 4 is 10.9 Å². The molecular formula is C29H27FN4O3. The van der Waals surface area contributed by atoms with Crippen LogP contribution in [0.5, 0.6) is 23.1 Å². The number of rotatable bonds is 6. The van der Waals surface area contributed by atoms with Crippen molar-refractivity contribution in [2.45, 2.75) is 26.2 Å². The number of nitrogens with zero attached hydrogens (tertiary/aromatic N) is 4. The maximum Gasteiger partial charge on any atom is 0.230 e. The lowest BCUT2D eigenvalue weighted by Gasteiger charge is -2.14. The summed E-state index contributed by atoms with van der Waals surface area (Å²) in [6.45, 7) is 6.23. The van der Waals surface area contributed by atoms with Gasteiger partial charge in [0.1, 0.15) is 23.6 Å². The van der Waals surface area contributed by atoms with Crippen molar-refractivity contribution in [3.05, 3.63) is 84.6 Å². The first-order chi connectivity index (χ1) is 17.8. The normalized spacial score (nSPS) is 11.5. The Hall–Kier alpha value is -4.46. The Morgan fingerprint density at radius 2 is 1.59 bits per heavy atom. The first-order valence-corrected chi connectivity index (χ1v) is 11.8. The zero-order valence-electron chi connectivity index (χ0n) is 21.3. The fourth-order valence-electron chi connectivity index (χ4n) is 4.03. The Morgan fingerprint density at radius 1 is 0.838 bits per heavy atom. The molecule has 5 rings (SSSR count). The van der Waals surface area contributed by atoms with E-state index in [2.05, 4.69) is 30.7 Å². The lowest BCUT2D eigenvalue weighted by atomic mass is 9.92. The van der Waals surface area contributed by atoms with Crippen molar-refractivity contribution in [2.75, 3.05) is 14.2 Å². The molecule has 3 aromatic carbocycles. The van der Waals surface area contributed by atoms with E-state index >= 15 is 0 Å². The Morgan fingerprint density at radius 3 is 2.32 bits per heavy atom. The molecule has 188 valence electrons. The highest BCUT2D eigenvalue weighted by molar-refractivity contribution is 5.87. The van der Waals surface area contributed by atoms with Gasteiger partial charge < -0.3 is 14.2 Å². The van der Waals surface area contributed by atoms with Crippen LogP contribution in [0, 0.1) is 5.82 Å². The van der Waals surface area contributed by atoms with E-state index in [1.165, 1.54) is 12.4 Å². The van der Waals surface area contributed by atoms with Crippen LogP contribution in [-0.2, 0) is 5.41 Å². The first kappa shape index (κ1) is 24.2. The predicted molar refractivity (Wildman–Crippen MR) is 140 cm³/mol. The molecule has 0 fully saturated rings. The molecule has 2 aromatic heterocycles. The van der Waals surface area contributed by atoms with Crippen LogP contribution in [0.1, 0.15) is 26.5 Å². The zero-order chi connectivity index (χ0) is 26.2. The molecule has 8 heteroatoms. The smallest absolute Gasteiger partial charge is 0.230 e. The lowest BCUT2D eigenvalue weighted by Crippen LogP contribution is -2.12. The van der Waals surface area contributed by atoms with Gasteiger partial charge in [-0.15, -0.1) is 0 Å². The van der Waals surface area contributed by atoms with Crippen molar-refractivity contribution in [1.82, 2.24) is 19.7 Å². The minimum atomic E-state index is -0.350. The van der Waals surface area contributed by atoms with Gasteiger partial charge in [-0.2, -0.15) is 5.10 Å². The third-order valence-corrected chi connectivity index (χ3v) is 6.01. The second kappa shape index (κ2) is 9.54. The van der Waals surface area contributed by atoms with Crippen LogP contribution in [0.25, 0.3) is 27.8 Å². The molecular weight excluding hydrogens is 471 g/mol. The summed E-state index contributed by atoms with van der Waals surface area (Å²) < 4.78 is 33.5. The van der Waals surface area contributed by atoms with E-state index in [0.717, 1.165) is 17.0 Å². The lowest BCUT2D eigenvalue weighted by molar-refractivity contribution is 0.355. The molecule has 0 radical (unpaired) electrons. The summed E-state index contributed by atoms with van der Waals surface area (Å²) in [5.41, 5.74) is 3.23. The summed E-state index contributed by atoms with van der Waals surface area (Å²) in [5, 5.41) is 5.45. The Labute approximate surface area is 214 Å². The monoisotopic (exact) mass is 498 g/mol.